The van der Waals surface area contributed by atoms with Crippen molar-refractivity contribution >= 4 is 0 Å². The third-order valence-corrected chi connectivity index (χ3v) is 2.11. The Morgan fingerprint density at radius 2 is 1.75 bits per heavy atom. The van der Waals surface area contributed by atoms with Crippen LogP contribution in [-0.4, -0.2) is 12.5 Å². The summed E-state index contributed by atoms with van der Waals surface area (Å²) in [6, 6.07) is 6.34. The monoisotopic (exact) mass is 229 g/mol. The predicted molar refractivity (Wildman–Crippen MR) is 59.8 cm³/mol. The minimum absolute atomic E-state index is 0.0978. The first-order valence-electron chi connectivity index (χ1n) is 5.29. The van der Waals surface area contributed by atoms with Crippen LogP contribution >= 0.6 is 0 Å². The highest BCUT2D eigenvalue weighted by atomic mass is 19.3. The topological polar surface area (TPSA) is 35.2 Å². The fourth-order valence-electron chi connectivity index (χ4n) is 1.39. The number of hydrogen-bond acceptors (Lipinski definition) is 2. The molecule has 0 fully saturated rings. The van der Waals surface area contributed by atoms with Crippen LogP contribution in [-0.2, 0) is 0 Å². The molecule has 0 aliphatic rings. The molecule has 0 aliphatic carbocycles. The number of benzene rings is 1. The summed E-state index contributed by atoms with van der Waals surface area (Å²) in [5.41, 5.74) is 6.33. The van der Waals surface area contributed by atoms with E-state index >= 15 is 0 Å². The minimum atomic E-state index is -2.37. The van der Waals surface area contributed by atoms with E-state index in [1.54, 1.807) is 24.3 Å². The maximum Gasteiger partial charge on any atom is 0.240 e. The molecule has 0 heterocycles. The summed E-state index contributed by atoms with van der Waals surface area (Å²) in [6.45, 7) is 3.85. The van der Waals surface area contributed by atoms with Gasteiger partial charge in [0.25, 0.3) is 0 Å². The molecule has 1 rings (SSSR count). The largest absolute Gasteiger partial charge is 0.491 e. The Morgan fingerprint density at radius 1 is 1.19 bits per heavy atom. The Hall–Kier alpha value is -1.16. The highest BCUT2D eigenvalue weighted by Crippen LogP contribution is 2.21. The van der Waals surface area contributed by atoms with Gasteiger partial charge in [0.2, 0.25) is 6.43 Å². The van der Waals surface area contributed by atoms with E-state index in [0.717, 1.165) is 5.75 Å². The number of ether oxygens (including phenoxy) is 1. The van der Waals surface area contributed by atoms with E-state index in [4.69, 9.17) is 10.5 Å². The smallest absolute Gasteiger partial charge is 0.240 e. The van der Waals surface area contributed by atoms with Crippen LogP contribution in [0.2, 0.25) is 0 Å². The van der Waals surface area contributed by atoms with Gasteiger partial charge in [0.1, 0.15) is 5.75 Å². The number of hydrogen-bond donors (Lipinski definition) is 1. The van der Waals surface area contributed by atoms with Crippen LogP contribution < -0.4 is 10.5 Å². The van der Waals surface area contributed by atoms with Gasteiger partial charge >= 0.3 is 0 Å². The van der Waals surface area contributed by atoms with E-state index in [2.05, 4.69) is 0 Å². The Kier molecular flexibility index (Phi) is 4.68. The highest BCUT2D eigenvalue weighted by Gasteiger charge is 2.12. The summed E-state index contributed by atoms with van der Waals surface area (Å²) in [7, 11) is 0. The third kappa shape index (κ3) is 4.14. The summed E-state index contributed by atoms with van der Waals surface area (Å²) >= 11 is 0. The van der Waals surface area contributed by atoms with Crippen LogP contribution in [0.4, 0.5) is 8.78 Å². The Labute approximate surface area is 94.4 Å². The Balaban J connectivity index is 2.63. The van der Waals surface area contributed by atoms with E-state index in [0.29, 0.717) is 5.56 Å². The van der Waals surface area contributed by atoms with Crippen molar-refractivity contribution < 1.29 is 13.5 Å². The molecule has 0 radical (unpaired) electrons. The van der Waals surface area contributed by atoms with Gasteiger partial charge < -0.3 is 10.5 Å². The van der Waals surface area contributed by atoms with Crippen molar-refractivity contribution in [3.8, 4) is 5.75 Å². The lowest BCUT2D eigenvalue weighted by molar-refractivity contribution is 0.128. The van der Waals surface area contributed by atoms with Gasteiger partial charge in [-0.15, -0.1) is 0 Å². The zero-order valence-electron chi connectivity index (χ0n) is 9.49. The highest BCUT2D eigenvalue weighted by molar-refractivity contribution is 5.29. The van der Waals surface area contributed by atoms with E-state index in [1.165, 1.54) is 0 Å². The van der Waals surface area contributed by atoms with Crippen LogP contribution in [0.3, 0.4) is 0 Å². The molecule has 1 aromatic rings. The molecule has 0 spiro atoms. The van der Waals surface area contributed by atoms with E-state index in [9.17, 15) is 8.78 Å². The molecule has 0 bridgehead atoms. The molecular formula is C12H17F2NO. The van der Waals surface area contributed by atoms with E-state index < -0.39 is 12.5 Å². The molecule has 2 nitrogen and oxygen atoms in total. The molecule has 90 valence electrons. The van der Waals surface area contributed by atoms with E-state index in [-0.39, 0.29) is 12.5 Å². The number of rotatable bonds is 5. The molecule has 2 N–H and O–H groups in total. The first kappa shape index (κ1) is 12.9. The normalized spacial score (nSPS) is 13.2. The maximum atomic E-state index is 12.1. The summed E-state index contributed by atoms with van der Waals surface area (Å²) in [5.74, 6) is 0.725. The van der Waals surface area contributed by atoms with Crippen LogP contribution in [0.15, 0.2) is 24.3 Å². The number of halogens is 2. The molecule has 1 atom stereocenters. The molecule has 0 saturated carbocycles. The molecule has 16 heavy (non-hydrogen) atoms. The van der Waals surface area contributed by atoms with Gasteiger partial charge in [0.05, 0.1) is 6.10 Å². The summed E-state index contributed by atoms with van der Waals surface area (Å²) in [4.78, 5) is 0. The van der Waals surface area contributed by atoms with Crippen molar-refractivity contribution in [3.63, 3.8) is 0 Å². The van der Waals surface area contributed by atoms with Crippen molar-refractivity contribution in [3.05, 3.63) is 29.8 Å². The predicted octanol–water partition coefficient (Wildman–Crippen LogP) is 3.13. The van der Waals surface area contributed by atoms with Gasteiger partial charge in [-0.05, 0) is 31.5 Å². The van der Waals surface area contributed by atoms with Crippen molar-refractivity contribution in [2.24, 2.45) is 5.73 Å². The second kappa shape index (κ2) is 5.80. The molecule has 0 unspecified atom stereocenters. The summed E-state index contributed by atoms with van der Waals surface area (Å²) < 4.78 is 29.7. The van der Waals surface area contributed by atoms with E-state index in [1.807, 2.05) is 13.8 Å². The third-order valence-electron chi connectivity index (χ3n) is 2.11. The molecule has 0 amide bonds. The van der Waals surface area contributed by atoms with Crippen molar-refractivity contribution in [1.82, 2.24) is 0 Å². The fourth-order valence-corrected chi connectivity index (χ4v) is 1.39. The number of nitrogens with two attached hydrogens (primary N) is 1. The molecule has 0 saturated heterocycles. The van der Waals surface area contributed by atoms with Crippen LogP contribution in [0, 0.1) is 0 Å². The van der Waals surface area contributed by atoms with Crippen molar-refractivity contribution in [1.29, 1.82) is 0 Å². The van der Waals surface area contributed by atoms with Crippen molar-refractivity contribution in [2.45, 2.75) is 38.8 Å². The molecule has 0 aliphatic heterocycles. The van der Waals surface area contributed by atoms with Crippen LogP contribution in [0.25, 0.3) is 0 Å². The minimum Gasteiger partial charge on any atom is -0.491 e. The van der Waals surface area contributed by atoms with Crippen LogP contribution in [0.1, 0.15) is 31.9 Å². The van der Waals surface area contributed by atoms with Crippen molar-refractivity contribution in [2.75, 3.05) is 0 Å². The molecule has 1 aromatic carbocycles. The van der Waals surface area contributed by atoms with Gasteiger partial charge in [0, 0.05) is 12.5 Å². The zero-order valence-corrected chi connectivity index (χ0v) is 9.49. The lowest BCUT2D eigenvalue weighted by Crippen LogP contribution is -2.14. The SMILES string of the molecule is CC(C)Oc1ccc([C@H](N)CC(F)F)cc1. The summed E-state index contributed by atoms with van der Waals surface area (Å²) in [5, 5.41) is 0. The lowest BCUT2D eigenvalue weighted by Gasteiger charge is -2.13. The van der Waals surface area contributed by atoms with Gasteiger partial charge in [-0.1, -0.05) is 12.1 Å². The molecule has 0 aromatic heterocycles. The van der Waals surface area contributed by atoms with Gasteiger partial charge in [-0.25, -0.2) is 8.78 Å². The lowest BCUT2D eigenvalue weighted by atomic mass is 10.1. The van der Waals surface area contributed by atoms with Gasteiger partial charge in [-0.3, -0.25) is 0 Å². The Morgan fingerprint density at radius 3 is 2.19 bits per heavy atom. The molecular weight excluding hydrogens is 212 g/mol. The number of alkyl halides is 2. The first-order chi connectivity index (χ1) is 7.49. The van der Waals surface area contributed by atoms with Crippen LogP contribution in [0.5, 0.6) is 5.75 Å². The average Bonchev–Trinajstić information content (AvgIpc) is 2.16. The van der Waals surface area contributed by atoms with Gasteiger partial charge in [-0.2, -0.15) is 0 Å². The standard InChI is InChI=1S/C12H17F2NO/c1-8(2)16-10-5-3-9(4-6-10)11(15)7-12(13)14/h3-6,8,11-12H,7,15H2,1-2H3/t11-/m1/s1. The maximum absolute atomic E-state index is 12.1. The zero-order chi connectivity index (χ0) is 12.1. The second-order valence-electron chi connectivity index (χ2n) is 3.97. The second-order valence-corrected chi connectivity index (χ2v) is 3.97. The molecule has 4 heteroatoms. The average molecular weight is 229 g/mol. The first-order valence-corrected chi connectivity index (χ1v) is 5.29. The fraction of sp³-hybridized carbons (Fsp3) is 0.500. The quantitative estimate of drug-likeness (QED) is 0.841. The summed E-state index contributed by atoms with van der Waals surface area (Å²) in [6.07, 6.45) is -2.59. The Bertz CT molecular complexity index is 311. The van der Waals surface area contributed by atoms with Gasteiger partial charge in [0.15, 0.2) is 0 Å².